The van der Waals surface area contributed by atoms with Gasteiger partial charge in [0.25, 0.3) is 0 Å². The average Bonchev–Trinajstić information content (AvgIpc) is 2.82. The number of thiophene rings is 1. The van der Waals surface area contributed by atoms with Gasteiger partial charge in [0.1, 0.15) is 5.75 Å². The van der Waals surface area contributed by atoms with Crippen LogP contribution in [-0.2, 0) is 9.84 Å². The van der Waals surface area contributed by atoms with E-state index in [4.69, 9.17) is 4.74 Å². The standard InChI is InChI=1S/C14H14O4S2/c1-10-3-8-14(19-10)13(15)9-18-11-4-6-12(7-5-11)20(2,16)17/h3-8H,9H2,1-2H3. The van der Waals surface area contributed by atoms with Crippen LogP contribution in [0.1, 0.15) is 14.5 Å². The molecule has 106 valence electrons. The Morgan fingerprint density at radius 1 is 1.15 bits per heavy atom. The number of Topliss-reactive ketones (excluding diaryl/α,β-unsaturated/α-hetero) is 1. The van der Waals surface area contributed by atoms with Crippen molar-refractivity contribution in [3.63, 3.8) is 0 Å². The molecule has 2 aromatic rings. The molecule has 0 radical (unpaired) electrons. The number of ketones is 1. The Kier molecular flexibility index (Phi) is 4.25. The van der Waals surface area contributed by atoms with Gasteiger partial charge in [0.2, 0.25) is 5.78 Å². The van der Waals surface area contributed by atoms with Crippen molar-refractivity contribution < 1.29 is 17.9 Å². The Morgan fingerprint density at radius 3 is 2.30 bits per heavy atom. The van der Waals surface area contributed by atoms with Crippen LogP contribution in [0.4, 0.5) is 0 Å². The predicted octanol–water partition coefficient (Wildman–Crippen LogP) is 2.72. The first kappa shape index (κ1) is 14.7. The Bertz CT molecular complexity index is 712. The smallest absolute Gasteiger partial charge is 0.210 e. The summed E-state index contributed by atoms with van der Waals surface area (Å²) in [7, 11) is -3.21. The summed E-state index contributed by atoms with van der Waals surface area (Å²) in [4.78, 5) is 13.8. The SMILES string of the molecule is Cc1ccc(C(=O)COc2ccc(S(C)(=O)=O)cc2)s1. The summed E-state index contributed by atoms with van der Waals surface area (Å²) in [5, 5.41) is 0. The van der Waals surface area contributed by atoms with E-state index in [0.717, 1.165) is 11.1 Å². The van der Waals surface area contributed by atoms with E-state index in [1.165, 1.54) is 23.5 Å². The highest BCUT2D eigenvalue weighted by Crippen LogP contribution is 2.18. The molecule has 1 heterocycles. The van der Waals surface area contributed by atoms with Gasteiger partial charge >= 0.3 is 0 Å². The first-order valence-electron chi connectivity index (χ1n) is 5.89. The van der Waals surface area contributed by atoms with Crippen molar-refractivity contribution in [2.75, 3.05) is 12.9 Å². The minimum absolute atomic E-state index is 0.0574. The van der Waals surface area contributed by atoms with E-state index in [-0.39, 0.29) is 17.3 Å². The van der Waals surface area contributed by atoms with Gasteiger partial charge in [-0.05, 0) is 43.3 Å². The van der Waals surface area contributed by atoms with Gasteiger partial charge in [0.05, 0.1) is 9.77 Å². The molecular weight excluding hydrogens is 296 g/mol. The van der Waals surface area contributed by atoms with Crippen molar-refractivity contribution >= 4 is 27.0 Å². The Balaban J connectivity index is 1.99. The van der Waals surface area contributed by atoms with E-state index in [1.807, 2.05) is 13.0 Å². The maximum absolute atomic E-state index is 11.8. The first-order chi connectivity index (χ1) is 9.36. The zero-order valence-electron chi connectivity index (χ0n) is 11.1. The molecule has 6 heteroatoms. The van der Waals surface area contributed by atoms with E-state index < -0.39 is 9.84 Å². The molecule has 0 aliphatic carbocycles. The third-order valence-electron chi connectivity index (χ3n) is 2.64. The zero-order chi connectivity index (χ0) is 14.8. The second kappa shape index (κ2) is 5.76. The number of benzene rings is 1. The van der Waals surface area contributed by atoms with E-state index in [2.05, 4.69) is 0 Å². The van der Waals surface area contributed by atoms with Crippen molar-refractivity contribution in [1.29, 1.82) is 0 Å². The van der Waals surface area contributed by atoms with Gasteiger partial charge < -0.3 is 4.74 Å². The number of aryl methyl sites for hydroxylation is 1. The monoisotopic (exact) mass is 310 g/mol. The second-order valence-corrected chi connectivity index (χ2v) is 7.67. The zero-order valence-corrected chi connectivity index (χ0v) is 12.8. The van der Waals surface area contributed by atoms with Crippen LogP contribution >= 0.6 is 11.3 Å². The summed E-state index contributed by atoms with van der Waals surface area (Å²) >= 11 is 1.43. The molecule has 20 heavy (non-hydrogen) atoms. The fourth-order valence-electron chi connectivity index (χ4n) is 1.59. The number of hydrogen-bond donors (Lipinski definition) is 0. The molecular formula is C14H14O4S2. The highest BCUT2D eigenvalue weighted by atomic mass is 32.2. The highest BCUT2D eigenvalue weighted by molar-refractivity contribution is 7.90. The maximum atomic E-state index is 11.8. The molecule has 1 aromatic heterocycles. The fourth-order valence-corrected chi connectivity index (χ4v) is 3.01. The van der Waals surface area contributed by atoms with E-state index >= 15 is 0 Å². The maximum Gasteiger partial charge on any atom is 0.210 e. The Labute approximate surface area is 121 Å². The summed E-state index contributed by atoms with van der Waals surface area (Å²) in [6, 6.07) is 9.68. The lowest BCUT2D eigenvalue weighted by molar-refractivity contribution is 0.0925. The number of carbonyl (C=O) groups is 1. The van der Waals surface area contributed by atoms with Gasteiger partial charge in [-0.25, -0.2) is 8.42 Å². The molecule has 0 spiro atoms. The normalized spacial score (nSPS) is 11.3. The van der Waals surface area contributed by atoms with Gasteiger partial charge in [0, 0.05) is 11.1 Å². The van der Waals surface area contributed by atoms with Gasteiger partial charge in [-0.1, -0.05) is 0 Å². The predicted molar refractivity (Wildman–Crippen MR) is 78.4 cm³/mol. The van der Waals surface area contributed by atoms with Crippen molar-refractivity contribution in [1.82, 2.24) is 0 Å². The van der Waals surface area contributed by atoms with Crippen LogP contribution < -0.4 is 4.74 Å². The number of hydrogen-bond acceptors (Lipinski definition) is 5. The van der Waals surface area contributed by atoms with E-state index in [0.29, 0.717) is 10.6 Å². The van der Waals surface area contributed by atoms with Crippen LogP contribution in [0.5, 0.6) is 5.75 Å². The summed E-state index contributed by atoms with van der Waals surface area (Å²) in [5.41, 5.74) is 0. The van der Waals surface area contributed by atoms with E-state index in [9.17, 15) is 13.2 Å². The largest absolute Gasteiger partial charge is 0.485 e. The summed E-state index contributed by atoms with van der Waals surface area (Å²) in [5.74, 6) is 0.384. The summed E-state index contributed by atoms with van der Waals surface area (Å²) < 4.78 is 28.0. The molecule has 4 nitrogen and oxygen atoms in total. The lowest BCUT2D eigenvalue weighted by Gasteiger charge is -2.05. The molecule has 0 bridgehead atoms. The second-order valence-electron chi connectivity index (χ2n) is 4.37. The van der Waals surface area contributed by atoms with Crippen molar-refractivity contribution in [2.45, 2.75) is 11.8 Å². The Hall–Kier alpha value is -1.66. The minimum atomic E-state index is -3.21. The fraction of sp³-hybridized carbons (Fsp3) is 0.214. The van der Waals surface area contributed by atoms with Gasteiger partial charge in [-0.2, -0.15) is 0 Å². The molecule has 0 aliphatic heterocycles. The molecule has 0 N–H and O–H groups in total. The first-order valence-corrected chi connectivity index (χ1v) is 8.59. The van der Waals surface area contributed by atoms with Crippen LogP contribution in [0.3, 0.4) is 0 Å². The lowest BCUT2D eigenvalue weighted by atomic mass is 10.3. The third kappa shape index (κ3) is 3.68. The van der Waals surface area contributed by atoms with Crippen molar-refractivity contribution in [3.05, 3.63) is 46.2 Å². The molecule has 0 saturated heterocycles. The van der Waals surface area contributed by atoms with Gasteiger partial charge in [0.15, 0.2) is 16.4 Å². The number of ether oxygens (including phenoxy) is 1. The molecule has 2 rings (SSSR count). The van der Waals surface area contributed by atoms with Gasteiger partial charge in [-0.3, -0.25) is 4.79 Å². The van der Waals surface area contributed by atoms with Crippen LogP contribution in [0, 0.1) is 6.92 Å². The molecule has 0 saturated carbocycles. The molecule has 0 unspecified atom stereocenters. The number of carbonyl (C=O) groups excluding carboxylic acids is 1. The van der Waals surface area contributed by atoms with Gasteiger partial charge in [-0.15, -0.1) is 11.3 Å². The molecule has 0 fully saturated rings. The molecule has 1 aromatic carbocycles. The van der Waals surface area contributed by atoms with Crippen LogP contribution in [0.25, 0.3) is 0 Å². The van der Waals surface area contributed by atoms with Crippen molar-refractivity contribution in [2.24, 2.45) is 0 Å². The van der Waals surface area contributed by atoms with Crippen LogP contribution in [-0.4, -0.2) is 27.1 Å². The highest BCUT2D eigenvalue weighted by Gasteiger charge is 2.10. The molecule has 0 amide bonds. The average molecular weight is 310 g/mol. The van der Waals surface area contributed by atoms with Crippen molar-refractivity contribution in [3.8, 4) is 5.75 Å². The number of rotatable bonds is 5. The topological polar surface area (TPSA) is 60.4 Å². The molecule has 0 aliphatic rings. The van der Waals surface area contributed by atoms with Crippen LogP contribution in [0.2, 0.25) is 0 Å². The quantitative estimate of drug-likeness (QED) is 0.797. The third-order valence-corrected chi connectivity index (χ3v) is 4.81. The Morgan fingerprint density at radius 2 is 1.80 bits per heavy atom. The lowest BCUT2D eigenvalue weighted by Crippen LogP contribution is -2.10. The van der Waals surface area contributed by atoms with E-state index in [1.54, 1.807) is 18.2 Å². The summed E-state index contributed by atoms with van der Waals surface area (Å²) in [6.07, 6.45) is 1.14. The number of sulfone groups is 1. The minimum Gasteiger partial charge on any atom is -0.485 e. The summed E-state index contributed by atoms with van der Waals surface area (Å²) in [6.45, 7) is 1.88. The van der Waals surface area contributed by atoms with Crippen LogP contribution in [0.15, 0.2) is 41.3 Å². The molecule has 0 atom stereocenters.